The summed E-state index contributed by atoms with van der Waals surface area (Å²) < 4.78 is 0. The molecule has 6 heteroatoms. The molecule has 1 aromatic heterocycles. The highest BCUT2D eigenvalue weighted by Gasteiger charge is 2.05. The molecule has 2 rings (SSSR count). The second-order valence-corrected chi connectivity index (χ2v) is 3.62. The minimum atomic E-state index is 0.400. The van der Waals surface area contributed by atoms with Crippen molar-refractivity contribution < 1.29 is 0 Å². The lowest BCUT2D eigenvalue weighted by molar-refractivity contribution is 1.10. The average Bonchev–Trinajstić information content (AvgIpc) is 2.77. The first kappa shape index (κ1) is 11.1. The maximum absolute atomic E-state index is 8.80. The van der Waals surface area contributed by atoms with Gasteiger partial charge in [0.05, 0.1) is 6.20 Å². The number of H-pyrrole nitrogens is 1. The summed E-state index contributed by atoms with van der Waals surface area (Å²) in [6, 6.07) is 11.5. The molecule has 1 heterocycles. The van der Waals surface area contributed by atoms with Crippen LogP contribution < -0.4 is 10.6 Å². The first-order valence-electron chi connectivity index (χ1n) is 4.86. The van der Waals surface area contributed by atoms with E-state index in [1.54, 1.807) is 0 Å². The molecule has 1 aromatic carbocycles. The van der Waals surface area contributed by atoms with Crippen LogP contribution in [0.4, 0.5) is 11.5 Å². The van der Waals surface area contributed by atoms with Crippen molar-refractivity contribution in [2.24, 2.45) is 0 Å². The van der Waals surface area contributed by atoms with Gasteiger partial charge in [0.25, 0.3) is 0 Å². The van der Waals surface area contributed by atoms with Gasteiger partial charge in [-0.2, -0.15) is 10.4 Å². The molecule has 0 spiro atoms. The number of hydrogen-bond acceptors (Lipinski definition) is 3. The number of anilines is 2. The molecule has 0 atom stereocenters. The smallest absolute Gasteiger partial charge is 0.176 e. The van der Waals surface area contributed by atoms with Crippen molar-refractivity contribution in [1.29, 1.82) is 5.26 Å². The Bertz CT molecular complexity index is 555. The fourth-order valence-corrected chi connectivity index (χ4v) is 1.48. The Morgan fingerprint density at radius 3 is 2.76 bits per heavy atom. The van der Waals surface area contributed by atoms with Crippen molar-refractivity contribution in [3.8, 4) is 6.07 Å². The van der Waals surface area contributed by atoms with Gasteiger partial charge >= 0.3 is 0 Å². The van der Waals surface area contributed by atoms with E-state index in [0.29, 0.717) is 16.5 Å². The summed E-state index contributed by atoms with van der Waals surface area (Å²) >= 11 is 5.11. The molecule has 3 N–H and O–H groups in total. The Labute approximate surface area is 103 Å². The fourth-order valence-electron chi connectivity index (χ4n) is 1.26. The molecule has 0 radical (unpaired) electrons. The molecule has 0 aliphatic rings. The normalized spacial score (nSPS) is 9.35. The van der Waals surface area contributed by atoms with E-state index in [2.05, 4.69) is 20.8 Å². The molecule has 0 saturated heterocycles. The number of nitrogens with one attached hydrogen (secondary N) is 3. The van der Waals surface area contributed by atoms with Gasteiger partial charge in [-0.3, -0.25) is 5.10 Å². The third kappa shape index (κ3) is 2.80. The molecule has 0 aliphatic heterocycles. The molecule has 0 unspecified atom stereocenters. The molecule has 0 fully saturated rings. The zero-order valence-electron chi connectivity index (χ0n) is 8.77. The number of nitriles is 1. The zero-order valence-corrected chi connectivity index (χ0v) is 9.58. The highest BCUT2D eigenvalue weighted by molar-refractivity contribution is 7.80. The zero-order chi connectivity index (χ0) is 12.1. The molecule has 0 saturated carbocycles. The standard InChI is InChI=1S/C11H9N5S/c12-6-8-7-13-16-10(8)15-11(17)14-9-4-2-1-3-5-9/h1-5,7H,(H3,13,14,15,16,17). The van der Waals surface area contributed by atoms with Gasteiger partial charge in [-0.1, -0.05) is 18.2 Å². The van der Waals surface area contributed by atoms with Crippen LogP contribution in [0.5, 0.6) is 0 Å². The van der Waals surface area contributed by atoms with E-state index in [4.69, 9.17) is 17.5 Å². The quantitative estimate of drug-likeness (QED) is 0.704. The summed E-state index contributed by atoms with van der Waals surface area (Å²) in [5.41, 5.74) is 1.30. The van der Waals surface area contributed by atoms with E-state index in [9.17, 15) is 0 Å². The Morgan fingerprint density at radius 2 is 2.06 bits per heavy atom. The lowest BCUT2D eigenvalue weighted by Crippen LogP contribution is -2.19. The molecule has 0 bridgehead atoms. The lowest BCUT2D eigenvalue weighted by atomic mass is 10.3. The van der Waals surface area contributed by atoms with E-state index in [1.165, 1.54) is 6.20 Å². The predicted octanol–water partition coefficient (Wildman–Crippen LogP) is 2.09. The molecule has 2 aromatic rings. The highest BCUT2D eigenvalue weighted by Crippen LogP contribution is 2.10. The molecule has 84 valence electrons. The van der Waals surface area contributed by atoms with Gasteiger partial charge in [-0.25, -0.2) is 0 Å². The van der Waals surface area contributed by atoms with Crippen LogP contribution in [-0.4, -0.2) is 15.3 Å². The molecular formula is C11H9N5S. The topological polar surface area (TPSA) is 76.5 Å². The van der Waals surface area contributed by atoms with Crippen LogP contribution in [0, 0.1) is 11.3 Å². The van der Waals surface area contributed by atoms with Gasteiger partial charge in [-0.05, 0) is 24.4 Å². The SMILES string of the molecule is N#Cc1cn[nH]c1NC(=S)Nc1ccccc1. The van der Waals surface area contributed by atoms with E-state index >= 15 is 0 Å². The van der Waals surface area contributed by atoms with Crippen LogP contribution in [0.25, 0.3) is 0 Å². The summed E-state index contributed by atoms with van der Waals surface area (Å²) in [6.07, 6.45) is 1.44. The van der Waals surface area contributed by atoms with Gasteiger partial charge in [-0.15, -0.1) is 0 Å². The fraction of sp³-hybridized carbons (Fsp3) is 0. The summed E-state index contributed by atoms with van der Waals surface area (Å²) in [5, 5.41) is 21.5. The van der Waals surface area contributed by atoms with Crippen molar-refractivity contribution in [2.45, 2.75) is 0 Å². The van der Waals surface area contributed by atoms with Crippen LogP contribution in [0.15, 0.2) is 36.5 Å². The minimum absolute atomic E-state index is 0.400. The van der Waals surface area contributed by atoms with Crippen molar-refractivity contribution in [3.05, 3.63) is 42.1 Å². The first-order valence-corrected chi connectivity index (χ1v) is 5.27. The number of aromatic nitrogens is 2. The highest BCUT2D eigenvalue weighted by atomic mass is 32.1. The number of hydrogen-bond donors (Lipinski definition) is 3. The predicted molar refractivity (Wildman–Crippen MR) is 69.6 cm³/mol. The van der Waals surface area contributed by atoms with Crippen LogP contribution in [0.1, 0.15) is 5.56 Å². The maximum atomic E-state index is 8.80. The Kier molecular flexibility index (Phi) is 3.33. The number of aromatic amines is 1. The van der Waals surface area contributed by atoms with Gasteiger partial charge in [0.1, 0.15) is 17.5 Å². The molecular weight excluding hydrogens is 234 g/mol. The van der Waals surface area contributed by atoms with Crippen molar-refractivity contribution >= 4 is 28.8 Å². The van der Waals surface area contributed by atoms with E-state index in [0.717, 1.165) is 5.69 Å². The summed E-state index contributed by atoms with van der Waals surface area (Å²) in [7, 11) is 0. The van der Waals surface area contributed by atoms with E-state index in [1.807, 2.05) is 36.4 Å². The largest absolute Gasteiger partial charge is 0.332 e. The van der Waals surface area contributed by atoms with E-state index < -0.39 is 0 Å². The second-order valence-electron chi connectivity index (χ2n) is 3.22. The third-order valence-electron chi connectivity index (χ3n) is 2.03. The summed E-state index contributed by atoms with van der Waals surface area (Å²) in [4.78, 5) is 0. The molecule has 17 heavy (non-hydrogen) atoms. The number of nitrogens with zero attached hydrogens (tertiary/aromatic N) is 2. The molecule has 5 nitrogen and oxygen atoms in total. The number of benzene rings is 1. The van der Waals surface area contributed by atoms with Gasteiger partial charge in [0.2, 0.25) is 0 Å². The Hall–Kier alpha value is -2.39. The Morgan fingerprint density at radius 1 is 1.29 bits per heavy atom. The van der Waals surface area contributed by atoms with E-state index in [-0.39, 0.29) is 0 Å². The third-order valence-corrected chi connectivity index (χ3v) is 2.23. The van der Waals surface area contributed by atoms with Crippen molar-refractivity contribution in [3.63, 3.8) is 0 Å². The van der Waals surface area contributed by atoms with Crippen molar-refractivity contribution in [1.82, 2.24) is 10.2 Å². The number of thiocarbonyl (C=S) groups is 1. The molecule has 0 amide bonds. The average molecular weight is 243 g/mol. The van der Waals surface area contributed by atoms with Gasteiger partial charge in [0, 0.05) is 5.69 Å². The Balaban J connectivity index is 2.01. The van der Waals surface area contributed by atoms with Crippen LogP contribution in [0.3, 0.4) is 0 Å². The molecule has 0 aliphatic carbocycles. The first-order chi connectivity index (χ1) is 8.29. The minimum Gasteiger partial charge on any atom is -0.332 e. The number of para-hydroxylation sites is 1. The second kappa shape index (κ2) is 5.09. The van der Waals surface area contributed by atoms with Gasteiger partial charge in [0.15, 0.2) is 5.11 Å². The monoisotopic (exact) mass is 243 g/mol. The summed E-state index contributed by atoms with van der Waals surface area (Å²) in [5.74, 6) is 0.487. The van der Waals surface area contributed by atoms with Crippen molar-refractivity contribution in [2.75, 3.05) is 10.6 Å². The van der Waals surface area contributed by atoms with Crippen LogP contribution in [0.2, 0.25) is 0 Å². The number of rotatable bonds is 2. The summed E-state index contributed by atoms with van der Waals surface area (Å²) in [6.45, 7) is 0. The maximum Gasteiger partial charge on any atom is 0.176 e. The van der Waals surface area contributed by atoms with Gasteiger partial charge < -0.3 is 10.6 Å². The van der Waals surface area contributed by atoms with Crippen LogP contribution in [-0.2, 0) is 0 Å². The van der Waals surface area contributed by atoms with Crippen LogP contribution >= 0.6 is 12.2 Å². The lowest BCUT2D eigenvalue weighted by Gasteiger charge is -2.08.